The first kappa shape index (κ1) is 21.1. The molecule has 0 radical (unpaired) electrons. The maximum atomic E-state index is 13.2. The van der Waals surface area contributed by atoms with Crippen molar-refractivity contribution in [3.63, 3.8) is 0 Å². The van der Waals surface area contributed by atoms with E-state index in [1.807, 2.05) is 37.3 Å². The van der Waals surface area contributed by atoms with Gasteiger partial charge in [-0.15, -0.1) is 22.0 Å². The molecule has 0 aliphatic carbocycles. The average Bonchev–Trinajstić information content (AvgIpc) is 3.35. The summed E-state index contributed by atoms with van der Waals surface area (Å²) in [5.41, 5.74) is 1.82. The van der Waals surface area contributed by atoms with Crippen molar-refractivity contribution in [3.05, 3.63) is 57.0 Å². The number of hydrogen-bond donors (Lipinski definition) is 1. The molecule has 0 saturated heterocycles. The van der Waals surface area contributed by atoms with Crippen molar-refractivity contribution in [3.8, 4) is 0 Å². The van der Waals surface area contributed by atoms with Crippen LogP contribution < -0.4 is 10.9 Å². The number of nitrogens with one attached hydrogen (secondary N) is 1. The van der Waals surface area contributed by atoms with E-state index in [1.54, 1.807) is 16.3 Å². The van der Waals surface area contributed by atoms with Crippen molar-refractivity contribution in [2.75, 3.05) is 11.1 Å². The minimum Gasteiger partial charge on any atom is -0.300 e. The molecule has 2 aromatic heterocycles. The van der Waals surface area contributed by atoms with Gasteiger partial charge < -0.3 is 0 Å². The molecule has 0 bridgehead atoms. The van der Waals surface area contributed by atoms with Crippen molar-refractivity contribution in [1.29, 1.82) is 0 Å². The maximum Gasteiger partial charge on any atom is 0.268 e. The van der Waals surface area contributed by atoms with E-state index in [9.17, 15) is 9.59 Å². The predicted octanol–water partition coefficient (Wildman–Crippen LogP) is 3.47. The topological polar surface area (TPSA) is 89.8 Å². The smallest absolute Gasteiger partial charge is 0.268 e. The fraction of sp³-hybridized carbons (Fsp3) is 0.350. The molecule has 1 unspecified atom stereocenters. The van der Waals surface area contributed by atoms with Crippen molar-refractivity contribution in [2.24, 2.45) is 0 Å². The fourth-order valence-corrected chi connectivity index (χ4v) is 5.71. The second kappa shape index (κ2) is 9.32. The number of thioether (sulfide) groups is 2. The molecule has 0 spiro atoms. The molecule has 3 aromatic rings. The van der Waals surface area contributed by atoms with Gasteiger partial charge in [0.25, 0.3) is 5.56 Å². The Morgan fingerprint density at radius 3 is 2.83 bits per heavy atom. The number of aromatic nitrogens is 4. The highest BCUT2D eigenvalue weighted by Crippen LogP contribution is 2.34. The van der Waals surface area contributed by atoms with Gasteiger partial charge in [-0.1, -0.05) is 67.3 Å². The number of fused-ring (bicyclic) bond motifs is 1. The van der Waals surface area contributed by atoms with Crippen LogP contribution in [0.2, 0.25) is 0 Å². The molecule has 156 valence electrons. The van der Waals surface area contributed by atoms with Gasteiger partial charge in [0.05, 0.1) is 22.9 Å². The lowest BCUT2D eigenvalue weighted by molar-refractivity contribution is -0.113. The Hall–Kier alpha value is -2.17. The highest BCUT2D eigenvalue weighted by atomic mass is 32.2. The van der Waals surface area contributed by atoms with E-state index in [-0.39, 0.29) is 17.2 Å². The third-order valence-corrected chi connectivity index (χ3v) is 7.67. The van der Waals surface area contributed by atoms with E-state index in [0.717, 1.165) is 34.0 Å². The summed E-state index contributed by atoms with van der Waals surface area (Å²) in [6, 6.07) is 9.81. The van der Waals surface area contributed by atoms with Gasteiger partial charge >= 0.3 is 0 Å². The van der Waals surface area contributed by atoms with Gasteiger partial charge in [0.1, 0.15) is 5.01 Å². The quantitative estimate of drug-likeness (QED) is 0.427. The van der Waals surface area contributed by atoms with Crippen molar-refractivity contribution in [2.45, 2.75) is 48.5 Å². The summed E-state index contributed by atoms with van der Waals surface area (Å²) in [5, 5.41) is 13.0. The van der Waals surface area contributed by atoms with Crippen LogP contribution in [0.3, 0.4) is 0 Å². The van der Waals surface area contributed by atoms with Crippen LogP contribution in [0.25, 0.3) is 0 Å². The molecular weight excluding hydrogens is 438 g/mol. The number of anilines is 1. The number of amides is 1. The van der Waals surface area contributed by atoms with Crippen LogP contribution in [0.5, 0.6) is 0 Å². The molecular formula is C20H21N5O2S3. The number of aryl methyl sites for hydroxylation is 1. The van der Waals surface area contributed by atoms with Crippen LogP contribution in [-0.4, -0.2) is 36.7 Å². The third kappa shape index (κ3) is 4.76. The first-order valence-corrected chi connectivity index (χ1v) is 12.3. The Morgan fingerprint density at radius 2 is 2.10 bits per heavy atom. The van der Waals surface area contributed by atoms with Crippen molar-refractivity contribution < 1.29 is 4.79 Å². The fourth-order valence-electron chi connectivity index (χ4n) is 3.08. The predicted molar refractivity (Wildman–Crippen MR) is 122 cm³/mol. The lowest BCUT2D eigenvalue weighted by atomic mass is 10.2. The molecule has 1 aliphatic rings. The second-order valence-corrected chi connectivity index (χ2v) is 10.3. The van der Waals surface area contributed by atoms with E-state index in [0.29, 0.717) is 22.1 Å². The van der Waals surface area contributed by atoms with Crippen LogP contribution in [0.4, 0.5) is 5.13 Å². The van der Waals surface area contributed by atoms with Gasteiger partial charge in [-0.3, -0.25) is 19.5 Å². The summed E-state index contributed by atoms with van der Waals surface area (Å²) in [6.45, 7) is 4.52. The summed E-state index contributed by atoms with van der Waals surface area (Å²) < 4.78 is 1.68. The van der Waals surface area contributed by atoms with Gasteiger partial charge in [-0.25, -0.2) is 4.98 Å². The summed E-state index contributed by atoms with van der Waals surface area (Å²) in [6.07, 6.45) is 1.55. The van der Waals surface area contributed by atoms with Gasteiger partial charge in [-0.2, -0.15) is 0 Å². The van der Waals surface area contributed by atoms with Crippen molar-refractivity contribution >= 4 is 45.9 Å². The van der Waals surface area contributed by atoms with E-state index >= 15 is 0 Å². The highest BCUT2D eigenvalue weighted by molar-refractivity contribution is 8.00. The SMILES string of the molecule is CCc1nnc(NC(=O)CSc2nc3c(c(=O)n2Cc2ccccc2)SC(C)C3)s1. The van der Waals surface area contributed by atoms with Crippen LogP contribution >= 0.6 is 34.9 Å². The van der Waals surface area contributed by atoms with Crippen LogP contribution in [-0.2, 0) is 24.2 Å². The van der Waals surface area contributed by atoms with E-state index in [2.05, 4.69) is 22.4 Å². The third-order valence-electron chi connectivity index (χ3n) is 4.49. The molecule has 0 saturated carbocycles. The van der Waals surface area contributed by atoms with Crippen LogP contribution in [0, 0.1) is 0 Å². The zero-order chi connectivity index (χ0) is 21.1. The molecule has 3 heterocycles. The number of carbonyl (C=O) groups excluding carboxylic acids is 1. The van der Waals surface area contributed by atoms with Crippen LogP contribution in [0.1, 0.15) is 30.1 Å². The Labute approximate surface area is 186 Å². The van der Waals surface area contributed by atoms with Gasteiger partial charge in [-0.05, 0) is 12.0 Å². The maximum absolute atomic E-state index is 13.2. The lowest BCUT2D eigenvalue weighted by Gasteiger charge is -2.13. The van der Waals surface area contributed by atoms with E-state index < -0.39 is 0 Å². The zero-order valence-electron chi connectivity index (χ0n) is 16.6. The number of hydrogen-bond acceptors (Lipinski definition) is 8. The first-order valence-electron chi connectivity index (χ1n) is 9.62. The number of benzene rings is 1. The zero-order valence-corrected chi connectivity index (χ0v) is 19.1. The normalized spacial score (nSPS) is 15.2. The molecule has 10 heteroatoms. The molecule has 7 nitrogen and oxygen atoms in total. The summed E-state index contributed by atoms with van der Waals surface area (Å²) >= 11 is 4.23. The average molecular weight is 460 g/mol. The van der Waals surface area contributed by atoms with Gasteiger partial charge in [0, 0.05) is 11.7 Å². The molecule has 0 fully saturated rings. The summed E-state index contributed by atoms with van der Waals surface area (Å²) in [4.78, 5) is 31.1. The molecule has 1 amide bonds. The van der Waals surface area contributed by atoms with Crippen molar-refractivity contribution in [1.82, 2.24) is 19.7 Å². The Balaban J connectivity index is 1.55. The standard InChI is InChI=1S/C20H21N5O2S3/c1-3-16-23-24-19(30-16)22-15(26)11-28-20-21-14-9-12(2)29-17(14)18(27)25(20)10-13-7-5-4-6-8-13/h4-8,12H,3,9-11H2,1-2H3,(H,22,24,26). The highest BCUT2D eigenvalue weighted by Gasteiger charge is 2.26. The van der Waals surface area contributed by atoms with E-state index in [4.69, 9.17) is 4.98 Å². The largest absolute Gasteiger partial charge is 0.300 e. The van der Waals surface area contributed by atoms with Gasteiger partial charge in [0.2, 0.25) is 11.0 Å². The summed E-state index contributed by atoms with van der Waals surface area (Å²) in [7, 11) is 0. The molecule has 4 rings (SSSR count). The molecule has 1 atom stereocenters. The minimum atomic E-state index is -0.192. The van der Waals surface area contributed by atoms with Gasteiger partial charge in [0.15, 0.2) is 5.16 Å². The number of nitrogens with zero attached hydrogens (tertiary/aromatic N) is 4. The molecule has 1 aromatic carbocycles. The van der Waals surface area contributed by atoms with E-state index in [1.165, 1.54) is 23.1 Å². The Bertz CT molecular complexity index is 1110. The van der Waals surface area contributed by atoms with Crippen LogP contribution in [0.15, 0.2) is 45.2 Å². The Morgan fingerprint density at radius 1 is 1.30 bits per heavy atom. The second-order valence-electron chi connectivity index (χ2n) is 6.87. The number of rotatable bonds is 7. The summed E-state index contributed by atoms with van der Waals surface area (Å²) in [5.74, 6) is -0.0495. The minimum absolute atomic E-state index is 0.0298. The molecule has 1 N–H and O–H groups in total. The lowest BCUT2D eigenvalue weighted by Crippen LogP contribution is -2.26. The number of carbonyl (C=O) groups is 1. The first-order chi connectivity index (χ1) is 14.5. The molecule has 30 heavy (non-hydrogen) atoms. The monoisotopic (exact) mass is 459 g/mol. The Kier molecular flexibility index (Phi) is 6.55. The molecule has 1 aliphatic heterocycles.